The van der Waals surface area contributed by atoms with Crippen LogP contribution in [0.3, 0.4) is 0 Å². The normalized spacial score (nSPS) is 15.1. The van der Waals surface area contributed by atoms with Gasteiger partial charge in [-0.05, 0) is 42.3 Å². The van der Waals surface area contributed by atoms with Crippen LogP contribution in [0.4, 0.5) is 11.4 Å². The van der Waals surface area contributed by atoms with Crippen molar-refractivity contribution in [2.45, 2.75) is 32.6 Å². The molecule has 0 saturated carbocycles. The molecule has 7 heteroatoms. The number of benzene rings is 2. The lowest BCUT2D eigenvalue weighted by Crippen LogP contribution is -2.36. The highest BCUT2D eigenvalue weighted by atomic mass is 35.5. The van der Waals surface area contributed by atoms with Crippen LogP contribution in [0, 0.1) is 6.92 Å². The third-order valence-corrected chi connectivity index (χ3v) is 5.73. The summed E-state index contributed by atoms with van der Waals surface area (Å²) in [5.74, 6) is -0.522. The number of halogens is 1. The van der Waals surface area contributed by atoms with Gasteiger partial charge in [-0.25, -0.2) is 8.42 Å². The van der Waals surface area contributed by atoms with Gasteiger partial charge in [0.1, 0.15) is 0 Å². The molecule has 1 aliphatic heterocycles. The highest BCUT2D eigenvalue weighted by Crippen LogP contribution is 2.49. The van der Waals surface area contributed by atoms with Gasteiger partial charge in [0, 0.05) is 34.8 Å². The first-order chi connectivity index (χ1) is 12.5. The zero-order valence-electron chi connectivity index (χ0n) is 15.8. The Labute approximate surface area is 165 Å². The summed E-state index contributed by atoms with van der Waals surface area (Å²) >= 11 is 6.26. The molecule has 2 aromatic rings. The standard InChI is InChI=1S/C20H23ClN2O3S/c1-13-5-7-17-15(11-13)20(2,3)16-12-14(21)6-8-18(16)23(17)10-9-19(24)22-27(4,25)26/h5-8,11-12H,9-10H2,1-4H3,(H,22,24). The van der Waals surface area contributed by atoms with Crippen molar-refractivity contribution >= 4 is 38.9 Å². The molecule has 1 amide bonds. The van der Waals surface area contributed by atoms with Gasteiger partial charge in [-0.2, -0.15) is 0 Å². The fourth-order valence-electron chi connectivity index (χ4n) is 3.62. The van der Waals surface area contributed by atoms with Gasteiger partial charge in [0.25, 0.3) is 0 Å². The molecule has 1 heterocycles. The third kappa shape index (κ3) is 3.96. The monoisotopic (exact) mass is 406 g/mol. The van der Waals surface area contributed by atoms with Crippen LogP contribution in [-0.2, 0) is 20.2 Å². The van der Waals surface area contributed by atoms with Crippen molar-refractivity contribution in [2.75, 3.05) is 17.7 Å². The molecule has 0 aliphatic carbocycles. The molecule has 1 aliphatic rings. The van der Waals surface area contributed by atoms with Gasteiger partial charge in [0.05, 0.1) is 6.26 Å². The van der Waals surface area contributed by atoms with E-state index in [0.717, 1.165) is 34.3 Å². The second-order valence-corrected chi connectivity index (χ2v) is 9.69. The molecule has 3 rings (SSSR count). The smallest absolute Gasteiger partial charge is 0.235 e. The summed E-state index contributed by atoms with van der Waals surface area (Å²) in [5, 5.41) is 0.660. The molecular formula is C20H23ClN2O3S. The third-order valence-electron chi connectivity index (χ3n) is 4.90. The van der Waals surface area contributed by atoms with Crippen LogP contribution in [0.15, 0.2) is 36.4 Å². The maximum absolute atomic E-state index is 12.0. The van der Waals surface area contributed by atoms with Crippen LogP contribution in [0.1, 0.15) is 37.0 Å². The van der Waals surface area contributed by atoms with Crippen LogP contribution >= 0.6 is 11.6 Å². The Hall–Kier alpha value is -2.05. The van der Waals surface area contributed by atoms with E-state index < -0.39 is 15.9 Å². The predicted octanol–water partition coefficient (Wildman–Crippen LogP) is 3.89. The molecule has 0 unspecified atom stereocenters. The number of sulfonamides is 1. The second-order valence-electron chi connectivity index (χ2n) is 7.51. The zero-order valence-corrected chi connectivity index (χ0v) is 17.4. The van der Waals surface area contributed by atoms with Crippen molar-refractivity contribution in [1.82, 2.24) is 4.72 Å². The molecule has 0 aromatic heterocycles. The summed E-state index contributed by atoms with van der Waals surface area (Å²) in [6.07, 6.45) is 1.03. The topological polar surface area (TPSA) is 66.5 Å². The highest BCUT2D eigenvalue weighted by Gasteiger charge is 2.36. The minimum absolute atomic E-state index is 0.0584. The van der Waals surface area contributed by atoms with Crippen LogP contribution < -0.4 is 9.62 Å². The first-order valence-corrected chi connectivity index (χ1v) is 11.0. The lowest BCUT2D eigenvalue weighted by molar-refractivity contribution is -0.119. The van der Waals surface area contributed by atoms with Crippen molar-refractivity contribution in [3.8, 4) is 0 Å². The van der Waals surface area contributed by atoms with Gasteiger partial charge >= 0.3 is 0 Å². The number of aryl methyl sites for hydroxylation is 1. The molecule has 0 spiro atoms. The van der Waals surface area contributed by atoms with E-state index >= 15 is 0 Å². The number of amides is 1. The molecule has 0 radical (unpaired) electrons. The van der Waals surface area contributed by atoms with Crippen molar-refractivity contribution < 1.29 is 13.2 Å². The van der Waals surface area contributed by atoms with Gasteiger partial charge in [-0.3, -0.25) is 9.52 Å². The highest BCUT2D eigenvalue weighted by molar-refractivity contribution is 7.89. The van der Waals surface area contributed by atoms with Crippen molar-refractivity contribution in [2.24, 2.45) is 0 Å². The van der Waals surface area contributed by atoms with Crippen molar-refractivity contribution in [3.05, 3.63) is 58.1 Å². The number of carbonyl (C=O) groups excluding carboxylic acids is 1. The summed E-state index contributed by atoms with van der Waals surface area (Å²) in [5.41, 5.74) is 5.15. The lowest BCUT2D eigenvalue weighted by Gasteiger charge is -2.42. The van der Waals surface area contributed by atoms with Crippen LogP contribution in [0.2, 0.25) is 5.02 Å². The van der Waals surface area contributed by atoms with E-state index in [9.17, 15) is 13.2 Å². The molecule has 0 bridgehead atoms. The Balaban J connectivity index is 2.03. The number of rotatable bonds is 4. The van der Waals surface area contributed by atoms with Gasteiger partial charge in [-0.1, -0.05) is 43.1 Å². The van der Waals surface area contributed by atoms with Crippen LogP contribution in [-0.4, -0.2) is 27.1 Å². The average Bonchev–Trinajstić information content (AvgIpc) is 2.54. The number of carbonyl (C=O) groups is 1. The lowest BCUT2D eigenvalue weighted by atomic mass is 9.73. The summed E-state index contributed by atoms with van der Waals surface area (Å²) in [6.45, 7) is 6.73. The largest absolute Gasteiger partial charge is 0.340 e. The first-order valence-electron chi connectivity index (χ1n) is 8.68. The average molecular weight is 407 g/mol. The van der Waals surface area contributed by atoms with E-state index in [1.807, 2.05) is 35.9 Å². The summed E-state index contributed by atoms with van der Waals surface area (Å²) < 4.78 is 24.6. The van der Waals surface area contributed by atoms with Crippen molar-refractivity contribution in [3.63, 3.8) is 0 Å². The van der Waals surface area contributed by atoms with E-state index in [2.05, 4.69) is 30.9 Å². The molecule has 144 valence electrons. The Kier molecular flexibility index (Phi) is 4.99. The Morgan fingerprint density at radius 3 is 2.33 bits per heavy atom. The van der Waals surface area contributed by atoms with Gasteiger partial charge in [0.2, 0.25) is 15.9 Å². The number of nitrogens with zero attached hydrogens (tertiary/aromatic N) is 1. The van der Waals surface area contributed by atoms with E-state index in [1.54, 1.807) is 0 Å². The van der Waals surface area contributed by atoms with E-state index in [4.69, 9.17) is 11.6 Å². The Morgan fingerprint density at radius 2 is 1.70 bits per heavy atom. The van der Waals surface area contributed by atoms with Crippen LogP contribution in [0.5, 0.6) is 0 Å². The minimum atomic E-state index is -3.56. The summed E-state index contributed by atoms with van der Waals surface area (Å²) in [4.78, 5) is 14.1. The van der Waals surface area contributed by atoms with Crippen molar-refractivity contribution in [1.29, 1.82) is 0 Å². The molecular weight excluding hydrogens is 384 g/mol. The molecule has 5 nitrogen and oxygen atoms in total. The quantitative estimate of drug-likeness (QED) is 0.836. The zero-order chi connectivity index (χ0) is 20.0. The molecule has 0 saturated heterocycles. The molecule has 0 fully saturated rings. The van der Waals surface area contributed by atoms with E-state index in [-0.39, 0.29) is 11.8 Å². The maximum atomic E-state index is 12.0. The first kappa shape index (κ1) is 19.7. The number of anilines is 2. The number of hydrogen-bond donors (Lipinski definition) is 1. The number of nitrogens with one attached hydrogen (secondary N) is 1. The Morgan fingerprint density at radius 1 is 1.11 bits per heavy atom. The molecule has 27 heavy (non-hydrogen) atoms. The molecule has 0 atom stereocenters. The van der Waals surface area contributed by atoms with Gasteiger partial charge < -0.3 is 4.90 Å². The summed E-state index contributed by atoms with van der Waals surface area (Å²) in [7, 11) is -3.56. The fraction of sp³-hybridized carbons (Fsp3) is 0.350. The minimum Gasteiger partial charge on any atom is -0.340 e. The second kappa shape index (κ2) is 6.84. The molecule has 1 N–H and O–H groups in total. The Bertz CT molecular complexity index is 960. The van der Waals surface area contributed by atoms with Crippen LogP contribution in [0.25, 0.3) is 0 Å². The van der Waals surface area contributed by atoms with Gasteiger partial charge in [-0.15, -0.1) is 0 Å². The van der Waals surface area contributed by atoms with Gasteiger partial charge in [0.15, 0.2) is 0 Å². The molecule has 2 aromatic carbocycles. The maximum Gasteiger partial charge on any atom is 0.235 e. The fourth-order valence-corrected chi connectivity index (χ4v) is 4.30. The van der Waals surface area contributed by atoms with E-state index in [1.165, 1.54) is 0 Å². The SMILES string of the molecule is Cc1ccc2c(c1)C(C)(C)c1cc(Cl)ccc1N2CCC(=O)NS(C)(=O)=O. The van der Waals surface area contributed by atoms with E-state index in [0.29, 0.717) is 11.6 Å². The number of hydrogen-bond acceptors (Lipinski definition) is 4. The summed E-state index contributed by atoms with van der Waals surface area (Å²) in [6, 6.07) is 12.0. The predicted molar refractivity (Wildman–Crippen MR) is 109 cm³/mol. The number of fused-ring (bicyclic) bond motifs is 2.